The molecule has 1 rings (SSSR count). The summed E-state index contributed by atoms with van der Waals surface area (Å²) in [5, 5.41) is 0. The van der Waals surface area contributed by atoms with Crippen LogP contribution in [0.15, 0.2) is 21.9 Å². The highest BCUT2D eigenvalue weighted by Gasteiger charge is 2.44. The zero-order valence-corrected chi connectivity index (χ0v) is 11.9. The molecule has 0 aromatic carbocycles. The van der Waals surface area contributed by atoms with Crippen LogP contribution in [0.5, 0.6) is 0 Å². The number of allylic oxidation sites excluding steroid dienone is 1. The van der Waals surface area contributed by atoms with Crippen LogP contribution in [-0.2, 0) is 14.3 Å². The van der Waals surface area contributed by atoms with Gasteiger partial charge in [0, 0.05) is 0 Å². The Morgan fingerprint density at radius 2 is 2.12 bits per heavy atom. The van der Waals surface area contributed by atoms with E-state index in [0.29, 0.717) is 17.9 Å². The SMILES string of the molecule is CCOC(=O)C1=C(C)OC(C)(C)C1C=C(Cl)Cl. The zero-order valence-electron chi connectivity index (χ0n) is 10.3. The minimum absolute atomic E-state index is 0.114. The first-order valence-corrected chi connectivity index (χ1v) is 6.15. The summed E-state index contributed by atoms with van der Waals surface area (Å²) in [6, 6.07) is 0. The molecule has 0 spiro atoms. The van der Waals surface area contributed by atoms with Crippen LogP contribution in [0.4, 0.5) is 0 Å². The largest absolute Gasteiger partial charge is 0.491 e. The Hall–Kier alpha value is -0.670. The van der Waals surface area contributed by atoms with Crippen molar-refractivity contribution in [2.24, 2.45) is 5.92 Å². The molecular formula is C12H16Cl2O3. The molecule has 3 nitrogen and oxygen atoms in total. The van der Waals surface area contributed by atoms with E-state index in [1.807, 2.05) is 13.8 Å². The lowest BCUT2D eigenvalue weighted by molar-refractivity contribution is -0.139. The summed E-state index contributed by atoms with van der Waals surface area (Å²) >= 11 is 11.4. The predicted molar refractivity (Wildman–Crippen MR) is 67.8 cm³/mol. The van der Waals surface area contributed by atoms with Crippen LogP contribution in [0.3, 0.4) is 0 Å². The highest BCUT2D eigenvalue weighted by molar-refractivity contribution is 6.55. The van der Waals surface area contributed by atoms with Crippen molar-refractivity contribution in [3.8, 4) is 0 Å². The first-order chi connectivity index (χ1) is 7.79. The first kappa shape index (κ1) is 14.4. The number of carbonyl (C=O) groups is 1. The van der Waals surface area contributed by atoms with E-state index in [4.69, 9.17) is 32.7 Å². The van der Waals surface area contributed by atoms with Crippen LogP contribution in [0.1, 0.15) is 27.7 Å². The number of hydrogen-bond acceptors (Lipinski definition) is 3. The third-order valence-corrected chi connectivity index (χ3v) is 2.90. The average Bonchev–Trinajstić information content (AvgIpc) is 2.36. The zero-order chi connectivity index (χ0) is 13.2. The van der Waals surface area contributed by atoms with E-state index in [9.17, 15) is 4.79 Å². The number of esters is 1. The van der Waals surface area contributed by atoms with Gasteiger partial charge in [-0.1, -0.05) is 23.2 Å². The summed E-state index contributed by atoms with van der Waals surface area (Å²) in [4.78, 5) is 11.9. The molecule has 0 N–H and O–H groups in total. The molecule has 1 aliphatic heterocycles. The van der Waals surface area contributed by atoms with E-state index < -0.39 is 5.60 Å². The van der Waals surface area contributed by atoms with E-state index >= 15 is 0 Å². The van der Waals surface area contributed by atoms with E-state index in [2.05, 4.69) is 0 Å². The van der Waals surface area contributed by atoms with Gasteiger partial charge in [-0.05, 0) is 33.8 Å². The standard InChI is InChI=1S/C12H16Cl2O3/c1-5-16-11(15)10-7(2)17-12(3,4)8(10)6-9(13)14/h6,8H,5H2,1-4H3. The van der Waals surface area contributed by atoms with Crippen molar-refractivity contribution in [2.45, 2.75) is 33.3 Å². The Labute approximate surface area is 111 Å². The van der Waals surface area contributed by atoms with Crippen molar-refractivity contribution in [1.29, 1.82) is 0 Å². The molecule has 1 heterocycles. The van der Waals surface area contributed by atoms with Crippen molar-refractivity contribution in [2.75, 3.05) is 6.61 Å². The first-order valence-electron chi connectivity index (χ1n) is 5.39. The van der Waals surface area contributed by atoms with Crippen molar-refractivity contribution in [3.63, 3.8) is 0 Å². The molecule has 0 saturated carbocycles. The Morgan fingerprint density at radius 1 is 1.53 bits per heavy atom. The van der Waals surface area contributed by atoms with Crippen LogP contribution in [0.2, 0.25) is 0 Å². The van der Waals surface area contributed by atoms with Crippen LogP contribution in [-0.4, -0.2) is 18.2 Å². The van der Waals surface area contributed by atoms with Gasteiger partial charge in [0.1, 0.15) is 15.9 Å². The van der Waals surface area contributed by atoms with Crippen molar-refractivity contribution in [3.05, 3.63) is 21.9 Å². The fraction of sp³-hybridized carbons (Fsp3) is 0.583. The number of carbonyl (C=O) groups excluding carboxylic acids is 1. The minimum atomic E-state index is -0.554. The lowest BCUT2D eigenvalue weighted by Crippen LogP contribution is -2.30. The maximum absolute atomic E-state index is 11.9. The van der Waals surface area contributed by atoms with Gasteiger partial charge in [-0.15, -0.1) is 0 Å². The topological polar surface area (TPSA) is 35.5 Å². The van der Waals surface area contributed by atoms with Crippen molar-refractivity contribution in [1.82, 2.24) is 0 Å². The van der Waals surface area contributed by atoms with Gasteiger partial charge >= 0.3 is 5.97 Å². The molecule has 17 heavy (non-hydrogen) atoms. The minimum Gasteiger partial charge on any atom is -0.491 e. The third-order valence-electron chi connectivity index (χ3n) is 2.64. The normalized spacial score (nSPS) is 22.1. The maximum Gasteiger partial charge on any atom is 0.338 e. The Morgan fingerprint density at radius 3 is 2.59 bits per heavy atom. The van der Waals surface area contributed by atoms with Crippen molar-refractivity contribution < 1.29 is 14.3 Å². The number of hydrogen-bond donors (Lipinski definition) is 0. The van der Waals surface area contributed by atoms with Crippen LogP contribution in [0.25, 0.3) is 0 Å². The third kappa shape index (κ3) is 3.17. The average molecular weight is 279 g/mol. The molecule has 96 valence electrons. The van der Waals surface area contributed by atoms with Crippen LogP contribution in [0, 0.1) is 5.92 Å². The number of halogens is 2. The van der Waals surface area contributed by atoms with Crippen LogP contribution < -0.4 is 0 Å². The number of ether oxygens (including phenoxy) is 2. The second-order valence-corrected chi connectivity index (χ2v) is 5.34. The highest BCUT2D eigenvalue weighted by atomic mass is 35.5. The van der Waals surface area contributed by atoms with Gasteiger partial charge in [-0.2, -0.15) is 0 Å². The molecular weight excluding hydrogens is 263 g/mol. The van der Waals surface area contributed by atoms with Crippen LogP contribution >= 0.6 is 23.2 Å². The van der Waals surface area contributed by atoms with E-state index in [-0.39, 0.29) is 16.4 Å². The molecule has 0 aliphatic carbocycles. The molecule has 1 aliphatic rings. The molecule has 0 aromatic rings. The van der Waals surface area contributed by atoms with Gasteiger partial charge in [0.05, 0.1) is 18.1 Å². The summed E-state index contributed by atoms with van der Waals surface area (Å²) in [7, 11) is 0. The van der Waals surface area contributed by atoms with E-state index in [0.717, 1.165) is 0 Å². The van der Waals surface area contributed by atoms with Gasteiger partial charge < -0.3 is 9.47 Å². The van der Waals surface area contributed by atoms with Gasteiger partial charge in [0.25, 0.3) is 0 Å². The van der Waals surface area contributed by atoms with Gasteiger partial charge in [0.15, 0.2) is 0 Å². The Bertz CT molecular complexity index is 379. The van der Waals surface area contributed by atoms with Gasteiger partial charge in [-0.3, -0.25) is 0 Å². The molecule has 0 aromatic heterocycles. The molecule has 0 radical (unpaired) electrons. The molecule has 0 saturated heterocycles. The highest BCUT2D eigenvalue weighted by Crippen LogP contribution is 2.41. The molecule has 1 unspecified atom stereocenters. The fourth-order valence-electron chi connectivity index (χ4n) is 1.97. The summed E-state index contributed by atoms with van der Waals surface area (Å²) < 4.78 is 10.8. The second kappa shape index (κ2) is 5.32. The molecule has 5 heteroatoms. The summed E-state index contributed by atoms with van der Waals surface area (Å²) in [5.41, 5.74) is -0.0723. The summed E-state index contributed by atoms with van der Waals surface area (Å²) in [6.07, 6.45) is 1.60. The fourth-order valence-corrected chi connectivity index (χ4v) is 2.22. The quantitative estimate of drug-likeness (QED) is 0.741. The van der Waals surface area contributed by atoms with Crippen molar-refractivity contribution >= 4 is 29.2 Å². The number of rotatable bonds is 3. The van der Waals surface area contributed by atoms with E-state index in [1.165, 1.54) is 0 Å². The molecule has 0 amide bonds. The van der Waals surface area contributed by atoms with Gasteiger partial charge in [-0.25, -0.2) is 4.79 Å². The molecule has 1 atom stereocenters. The molecule has 0 fully saturated rings. The predicted octanol–water partition coefficient (Wildman–Crippen LogP) is 3.57. The lowest BCUT2D eigenvalue weighted by atomic mass is 9.86. The Balaban J connectivity index is 3.11. The van der Waals surface area contributed by atoms with Gasteiger partial charge in [0.2, 0.25) is 0 Å². The van der Waals surface area contributed by atoms with E-state index in [1.54, 1.807) is 19.9 Å². The monoisotopic (exact) mass is 278 g/mol. The molecule has 0 bridgehead atoms. The maximum atomic E-state index is 11.9. The lowest BCUT2D eigenvalue weighted by Gasteiger charge is -2.25. The second-order valence-electron chi connectivity index (χ2n) is 4.33. The summed E-state index contributed by atoms with van der Waals surface area (Å²) in [5.74, 6) is -0.123. The Kier molecular flexibility index (Phi) is 4.50. The smallest absolute Gasteiger partial charge is 0.338 e. The summed E-state index contributed by atoms with van der Waals surface area (Å²) in [6.45, 7) is 7.57.